The van der Waals surface area contributed by atoms with Crippen LogP contribution in [0.3, 0.4) is 0 Å². The van der Waals surface area contributed by atoms with E-state index >= 15 is 0 Å². The van der Waals surface area contributed by atoms with Crippen LogP contribution in [0.2, 0.25) is 5.02 Å². The first-order valence-corrected chi connectivity index (χ1v) is 11.5. The van der Waals surface area contributed by atoms with Crippen molar-refractivity contribution < 1.29 is 9.13 Å². The Balaban J connectivity index is 1.72. The van der Waals surface area contributed by atoms with Crippen molar-refractivity contribution in [2.24, 2.45) is 5.10 Å². The molecule has 0 saturated carbocycles. The number of benzene rings is 3. The predicted octanol–water partition coefficient (Wildman–Crippen LogP) is 6.37. The van der Waals surface area contributed by atoms with Crippen molar-refractivity contribution in [1.29, 1.82) is 0 Å². The molecule has 0 amide bonds. The van der Waals surface area contributed by atoms with Crippen molar-refractivity contribution in [3.8, 4) is 5.75 Å². The van der Waals surface area contributed by atoms with Crippen LogP contribution < -0.4 is 10.3 Å². The van der Waals surface area contributed by atoms with Crippen LogP contribution in [-0.2, 0) is 13.0 Å². The van der Waals surface area contributed by atoms with Gasteiger partial charge in [0.1, 0.15) is 24.0 Å². The molecule has 0 spiro atoms. The number of fused-ring (bicyclic) bond motifs is 1. The molecule has 33 heavy (non-hydrogen) atoms. The Morgan fingerprint density at radius 3 is 2.79 bits per heavy atom. The lowest BCUT2D eigenvalue weighted by molar-refractivity contribution is 0.299. The first-order chi connectivity index (χ1) is 16.0. The van der Waals surface area contributed by atoms with Crippen molar-refractivity contribution in [3.63, 3.8) is 0 Å². The van der Waals surface area contributed by atoms with Crippen molar-refractivity contribution in [1.82, 2.24) is 9.66 Å². The molecule has 0 fully saturated rings. The van der Waals surface area contributed by atoms with E-state index in [-0.39, 0.29) is 18.0 Å². The summed E-state index contributed by atoms with van der Waals surface area (Å²) in [6, 6.07) is 16.9. The molecule has 0 unspecified atom stereocenters. The van der Waals surface area contributed by atoms with Gasteiger partial charge in [0.15, 0.2) is 0 Å². The van der Waals surface area contributed by atoms with Crippen molar-refractivity contribution in [3.05, 3.63) is 103 Å². The molecule has 0 aliphatic heterocycles. The first kappa shape index (κ1) is 23.1. The molecule has 0 aliphatic carbocycles. The zero-order valence-electron chi connectivity index (χ0n) is 17.8. The summed E-state index contributed by atoms with van der Waals surface area (Å²) in [6.07, 6.45) is 2.90. The highest BCUT2D eigenvalue weighted by Crippen LogP contribution is 2.23. The Bertz CT molecular complexity index is 1400. The number of nitrogens with zero attached hydrogens (tertiary/aromatic N) is 3. The number of rotatable bonds is 7. The molecule has 0 bridgehead atoms. The van der Waals surface area contributed by atoms with Crippen molar-refractivity contribution >= 4 is 44.6 Å². The van der Waals surface area contributed by atoms with Crippen LogP contribution in [0.25, 0.3) is 10.9 Å². The normalized spacial score (nSPS) is 11.4. The minimum absolute atomic E-state index is 0.0434. The second kappa shape index (κ2) is 10.3. The van der Waals surface area contributed by atoms with Gasteiger partial charge >= 0.3 is 0 Å². The van der Waals surface area contributed by atoms with Gasteiger partial charge in [0.25, 0.3) is 5.56 Å². The Labute approximate surface area is 203 Å². The number of hydrogen-bond acceptors (Lipinski definition) is 4. The molecule has 0 atom stereocenters. The molecule has 3 aromatic carbocycles. The van der Waals surface area contributed by atoms with Gasteiger partial charge in [-0.15, -0.1) is 0 Å². The summed E-state index contributed by atoms with van der Waals surface area (Å²) >= 11 is 9.59. The first-order valence-electron chi connectivity index (χ1n) is 10.4. The third-order valence-electron chi connectivity index (χ3n) is 4.97. The highest BCUT2D eigenvalue weighted by Gasteiger charge is 2.11. The van der Waals surface area contributed by atoms with E-state index in [0.717, 1.165) is 10.9 Å². The third kappa shape index (κ3) is 5.31. The lowest BCUT2D eigenvalue weighted by atomic mass is 10.2. The lowest BCUT2D eigenvalue weighted by Gasteiger charge is -2.11. The molecule has 168 valence electrons. The molecule has 0 N–H and O–H groups in total. The average Bonchev–Trinajstić information content (AvgIpc) is 2.80. The number of hydrogen-bond donors (Lipinski definition) is 0. The number of ether oxygens (including phenoxy) is 1. The molecular formula is C25H20BrClFN3O2. The van der Waals surface area contributed by atoms with E-state index in [2.05, 4.69) is 26.0 Å². The van der Waals surface area contributed by atoms with E-state index in [1.54, 1.807) is 48.5 Å². The molecule has 1 heterocycles. The van der Waals surface area contributed by atoms with Gasteiger partial charge in [0, 0.05) is 27.0 Å². The lowest BCUT2D eigenvalue weighted by Crippen LogP contribution is -2.22. The fraction of sp³-hybridized carbons (Fsp3) is 0.160. The zero-order valence-corrected chi connectivity index (χ0v) is 20.1. The molecule has 0 aliphatic rings. The van der Waals surface area contributed by atoms with Gasteiger partial charge in [-0.05, 0) is 48.9 Å². The van der Waals surface area contributed by atoms with E-state index in [9.17, 15) is 9.18 Å². The molecule has 8 heteroatoms. The van der Waals surface area contributed by atoms with Crippen LogP contribution in [0.5, 0.6) is 5.75 Å². The van der Waals surface area contributed by atoms with E-state index in [4.69, 9.17) is 16.3 Å². The summed E-state index contributed by atoms with van der Waals surface area (Å²) in [5.41, 5.74) is 1.34. The smallest absolute Gasteiger partial charge is 0.282 e. The summed E-state index contributed by atoms with van der Waals surface area (Å²) in [4.78, 5) is 17.8. The maximum absolute atomic E-state index is 14.0. The van der Waals surface area contributed by atoms with Crippen molar-refractivity contribution in [2.45, 2.75) is 26.4 Å². The monoisotopic (exact) mass is 527 g/mol. The summed E-state index contributed by atoms with van der Waals surface area (Å²) in [5, 5.41) is 5.38. The van der Waals surface area contributed by atoms with Crippen LogP contribution in [0, 0.1) is 5.82 Å². The van der Waals surface area contributed by atoms with Gasteiger partial charge < -0.3 is 4.74 Å². The molecule has 0 radical (unpaired) electrons. The van der Waals surface area contributed by atoms with Crippen LogP contribution in [-0.4, -0.2) is 15.9 Å². The summed E-state index contributed by atoms with van der Waals surface area (Å²) in [6.45, 7) is 2.05. The van der Waals surface area contributed by atoms with Gasteiger partial charge in [-0.25, -0.2) is 9.37 Å². The van der Waals surface area contributed by atoms with Crippen LogP contribution in [0.1, 0.15) is 30.3 Å². The molecule has 4 aromatic rings. The Hall–Kier alpha value is -3.03. The molecule has 5 nitrogen and oxygen atoms in total. The van der Waals surface area contributed by atoms with Crippen LogP contribution in [0.4, 0.5) is 4.39 Å². The molecular weight excluding hydrogens is 509 g/mol. The van der Waals surface area contributed by atoms with Gasteiger partial charge in [-0.3, -0.25) is 4.79 Å². The largest absolute Gasteiger partial charge is 0.488 e. The fourth-order valence-electron chi connectivity index (χ4n) is 3.34. The maximum Gasteiger partial charge on any atom is 0.282 e. The third-order valence-corrected chi connectivity index (χ3v) is 5.70. The van der Waals surface area contributed by atoms with Crippen molar-refractivity contribution in [2.75, 3.05) is 0 Å². The van der Waals surface area contributed by atoms with E-state index in [0.29, 0.717) is 45.0 Å². The molecule has 1 aromatic heterocycles. The predicted molar refractivity (Wildman–Crippen MR) is 133 cm³/mol. The number of aryl methyl sites for hydroxylation is 1. The quantitative estimate of drug-likeness (QED) is 0.262. The number of halogens is 3. The second-order valence-corrected chi connectivity index (χ2v) is 8.72. The minimum Gasteiger partial charge on any atom is -0.488 e. The van der Waals surface area contributed by atoms with Gasteiger partial charge in [0.05, 0.1) is 17.1 Å². The molecule has 0 saturated heterocycles. The van der Waals surface area contributed by atoms with E-state index < -0.39 is 0 Å². The van der Waals surface area contributed by atoms with Crippen LogP contribution >= 0.6 is 27.5 Å². The van der Waals surface area contributed by atoms with Gasteiger partial charge in [0.2, 0.25) is 0 Å². The molecule has 4 rings (SSSR count). The zero-order chi connectivity index (χ0) is 23.4. The topological polar surface area (TPSA) is 56.5 Å². The highest BCUT2D eigenvalue weighted by atomic mass is 79.9. The second-order valence-electron chi connectivity index (χ2n) is 7.36. The summed E-state index contributed by atoms with van der Waals surface area (Å²) in [5.74, 6) is 0.684. The summed E-state index contributed by atoms with van der Waals surface area (Å²) < 4.78 is 21.9. The highest BCUT2D eigenvalue weighted by molar-refractivity contribution is 9.10. The average molecular weight is 529 g/mol. The maximum atomic E-state index is 14.0. The Kier molecular flexibility index (Phi) is 7.20. The van der Waals surface area contributed by atoms with E-state index in [1.807, 2.05) is 13.0 Å². The fourth-order valence-corrected chi connectivity index (χ4v) is 3.88. The minimum atomic E-state index is -0.342. The SMILES string of the molecule is CCCc1nc2ccc(Br)cc2c(=O)n1N=Cc1cc(Cl)ccc1OCc1ccccc1F. The van der Waals surface area contributed by atoms with Gasteiger partial charge in [-0.2, -0.15) is 9.78 Å². The Morgan fingerprint density at radius 1 is 1.18 bits per heavy atom. The van der Waals surface area contributed by atoms with Crippen LogP contribution in [0.15, 0.2) is 75.0 Å². The van der Waals surface area contributed by atoms with E-state index in [1.165, 1.54) is 17.0 Å². The number of aromatic nitrogens is 2. The standard InChI is InChI=1S/C25H20BrClFN3O2/c1-2-5-24-30-22-10-8-18(26)13-20(22)25(32)31(24)29-14-17-12-19(27)9-11-23(17)33-15-16-6-3-4-7-21(16)28/h3-4,6-14H,2,5,15H2,1H3. The Morgan fingerprint density at radius 2 is 2.00 bits per heavy atom. The summed E-state index contributed by atoms with van der Waals surface area (Å²) in [7, 11) is 0. The van der Waals surface area contributed by atoms with Gasteiger partial charge in [-0.1, -0.05) is 52.7 Å².